The number of alkyl carbamates (subject to hydrolysis) is 1. The third-order valence-corrected chi connectivity index (χ3v) is 3.58. The number of piperidine rings is 1. The van der Waals surface area contributed by atoms with Crippen LogP contribution in [0.4, 0.5) is 10.5 Å². The fraction of sp³-hybridized carbons (Fsp3) is 0.571. The van der Waals surface area contributed by atoms with E-state index in [4.69, 9.17) is 0 Å². The van der Waals surface area contributed by atoms with Gasteiger partial charge in [-0.05, 0) is 37.8 Å². The van der Waals surface area contributed by atoms with Gasteiger partial charge >= 0.3 is 6.09 Å². The Kier molecular flexibility index (Phi) is 4.60. The number of hydrogen-bond donors (Lipinski definition) is 1. The first-order valence-electron chi connectivity index (χ1n) is 6.68. The molecule has 0 atom stereocenters. The number of carbonyl (C=O) groups excluding carboxylic acids is 1. The van der Waals surface area contributed by atoms with Gasteiger partial charge in [-0.15, -0.1) is 0 Å². The fourth-order valence-electron chi connectivity index (χ4n) is 2.42. The molecule has 0 aliphatic carbocycles. The predicted molar refractivity (Wildman–Crippen MR) is 74.3 cm³/mol. The SMILES string of the molecule is COC(=O)NCC1CCN(c2ccnc(C)c2)CC1. The summed E-state index contributed by atoms with van der Waals surface area (Å²) < 4.78 is 4.58. The Morgan fingerprint density at radius 2 is 2.26 bits per heavy atom. The molecule has 0 bridgehead atoms. The van der Waals surface area contributed by atoms with Crippen LogP contribution in [0.5, 0.6) is 0 Å². The number of amides is 1. The van der Waals surface area contributed by atoms with Crippen molar-refractivity contribution in [3.8, 4) is 0 Å². The van der Waals surface area contributed by atoms with Crippen molar-refractivity contribution < 1.29 is 9.53 Å². The zero-order valence-corrected chi connectivity index (χ0v) is 11.6. The van der Waals surface area contributed by atoms with Crippen LogP contribution in [0, 0.1) is 12.8 Å². The van der Waals surface area contributed by atoms with Gasteiger partial charge in [0, 0.05) is 37.2 Å². The molecular weight excluding hydrogens is 242 g/mol. The van der Waals surface area contributed by atoms with Crippen LogP contribution in [0.15, 0.2) is 18.3 Å². The van der Waals surface area contributed by atoms with E-state index in [0.29, 0.717) is 12.5 Å². The zero-order valence-electron chi connectivity index (χ0n) is 11.6. The topological polar surface area (TPSA) is 54.5 Å². The third-order valence-electron chi connectivity index (χ3n) is 3.58. The van der Waals surface area contributed by atoms with Crippen LogP contribution in [0.25, 0.3) is 0 Å². The average molecular weight is 263 g/mol. The van der Waals surface area contributed by atoms with Gasteiger partial charge in [0.1, 0.15) is 0 Å². The summed E-state index contributed by atoms with van der Waals surface area (Å²) in [6, 6.07) is 4.17. The van der Waals surface area contributed by atoms with E-state index in [-0.39, 0.29) is 6.09 Å². The number of anilines is 1. The lowest BCUT2D eigenvalue weighted by Gasteiger charge is -2.33. The van der Waals surface area contributed by atoms with Crippen molar-refractivity contribution in [2.45, 2.75) is 19.8 Å². The first-order chi connectivity index (χ1) is 9.19. The van der Waals surface area contributed by atoms with E-state index in [9.17, 15) is 4.79 Å². The second kappa shape index (κ2) is 6.41. The Morgan fingerprint density at radius 1 is 1.53 bits per heavy atom. The molecule has 0 radical (unpaired) electrons. The van der Waals surface area contributed by atoms with Crippen LogP contribution in [0.1, 0.15) is 18.5 Å². The van der Waals surface area contributed by atoms with Crippen LogP contribution in [-0.4, -0.2) is 37.8 Å². The molecule has 0 aromatic carbocycles. The first-order valence-corrected chi connectivity index (χ1v) is 6.68. The summed E-state index contributed by atoms with van der Waals surface area (Å²) in [6.07, 6.45) is 3.69. The number of nitrogens with zero attached hydrogens (tertiary/aromatic N) is 2. The second-order valence-electron chi connectivity index (χ2n) is 4.96. The van der Waals surface area contributed by atoms with Gasteiger partial charge in [0.25, 0.3) is 0 Å². The molecule has 1 N–H and O–H groups in total. The summed E-state index contributed by atoms with van der Waals surface area (Å²) in [5.74, 6) is 0.540. The van der Waals surface area contributed by atoms with E-state index in [1.807, 2.05) is 13.1 Å². The largest absolute Gasteiger partial charge is 0.453 e. The minimum Gasteiger partial charge on any atom is -0.453 e. The summed E-state index contributed by atoms with van der Waals surface area (Å²) in [4.78, 5) is 17.6. The Morgan fingerprint density at radius 3 is 2.89 bits per heavy atom. The van der Waals surface area contributed by atoms with Crippen LogP contribution in [0.3, 0.4) is 0 Å². The molecule has 104 valence electrons. The van der Waals surface area contributed by atoms with Gasteiger partial charge in [0.05, 0.1) is 7.11 Å². The number of nitrogens with one attached hydrogen (secondary N) is 1. The highest BCUT2D eigenvalue weighted by atomic mass is 16.5. The molecule has 1 aromatic rings. The van der Waals surface area contributed by atoms with Gasteiger partial charge < -0.3 is 15.0 Å². The molecule has 19 heavy (non-hydrogen) atoms. The average Bonchev–Trinajstić information content (AvgIpc) is 2.45. The minimum absolute atomic E-state index is 0.341. The van der Waals surface area contributed by atoms with Gasteiger partial charge in [0.2, 0.25) is 0 Å². The first kappa shape index (κ1) is 13.6. The van der Waals surface area contributed by atoms with Crippen molar-refractivity contribution in [1.29, 1.82) is 0 Å². The quantitative estimate of drug-likeness (QED) is 0.905. The van der Waals surface area contributed by atoms with Crippen molar-refractivity contribution in [2.24, 2.45) is 5.92 Å². The lowest BCUT2D eigenvalue weighted by Crippen LogP contribution is -2.38. The molecule has 1 aromatic heterocycles. The molecule has 0 saturated carbocycles. The van der Waals surface area contributed by atoms with Gasteiger partial charge in [0.15, 0.2) is 0 Å². The summed E-state index contributed by atoms with van der Waals surface area (Å²) in [6.45, 7) is 4.76. The minimum atomic E-state index is -0.341. The number of ether oxygens (including phenoxy) is 1. The maximum atomic E-state index is 11.0. The van der Waals surface area contributed by atoms with E-state index in [1.165, 1.54) is 12.8 Å². The Hall–Kier alpha value is -1.78. The molecule has 0 unspecified atom stereocenters. The normalized spacial score (nSPS) is 16.2. The van der Waals surface area contributed by atoms with Gasteiger partial charge in [-0.2, -0.15) is 0 Å². The van der Waals surface area contributed by atoms with Crippen molar-refractivity contribution >= 4 is 11.8 Å². The lowest BCUT2D eigenvalue weighted by atomic mass is 9.96. The van der Waals surface area contributed by atoms with Crippen LogP contribution >= 0.6 is 0 Å². The van der Waals surface area contributed by atoms with Crippen molar-refractivity contribution in [2.75, 3.05) is 31.6 Å². The maximum absolute atomic E-state index is 11.0. The van der Waals surface area contributed by atoms with E-state index < -0.39 is 0 Å². The standard InChI is InChI=1S/C14H21N3O2/c1-11-9-13(3-6-15-11)17-7-4-12(5-8-17)10-16-14(18)19-2/h3,6,9,12H,4-5,7-8,10H2,1-2H3,(H,16,18). The van der Waals surface area contributed by atoms with Gasteiger partial charge in [-0.25, -0.2) is 4.79 Å². The van der Waals surface area contributed by atoms with E-state index in [2.05, 4.69) is 32.1 Å². The molecule has 1 fully saturated rings. The van der Waals surface area contributed by atoms with Gasteiger partial charge in [-0.1, -0.05) is 0 Å². The van der Waals surface area contributed by atoms with E-state index in [0.717, 1.165) is 31.6 Å². The molecule has 1 amide bonds. The van der Waals surface area contributed by atoms with E-state index in [1.54, 1.807) is 0 Å². The highest BCUT2D eigenvalue weighted by Gasteiger charge is 2.20. The van der Waals surface area contributed by atoms with Gasteiger partial charge in [-0.3, -0.25) is 4.98 Å². The Bertz CT molecular complexity index is 428. The number of aromatic nitrogens is 1. The monoisotopic (exact) mass is 263 g/mol. The smallest absolute Gasteiger partial charge is 0.406 e. The number of rotatable bonds is 3. The summed E-state index contributed by atoms with van der Waals surface area (Å²) in [5, 5.41) is 2.78. The van der Waals surface area contributed by atoms with Crippen LogP contribution in [0.2, 0.25) is 0 Å². The molecule has 0 spiro atoms. The highest BCUT2D eigenvalue weighted by Crippen LogP contribution is 2.22. The maximum Gasteiger partial charge on any atom is 0.406 e. The molecule has 5 nitrogen and oxygen atoms in total. The number of hydrogen-bond acceptors (Lipinski definition) is 4. The summed E-state index contributed by atoms with van der Waals surface area (Å²) in [5.41, 5.74) is 2.29. The van der Waals surface area contributed by atoms with Crippen molar-refractivity contribution in [1.82, 2.24) is 10.3 Å². The lowest BCUT2D eigenvalue weighted by molar-refractivity contribution is 0.168. The van der Waals surface area contributed by atoms with Crippen molar-refractivity contribution in [3.63, 3.8) is 0 Å². The highest BCUT2D eigenvalue weighted by molar-refractivity contribution is 5.66. The Balaban J connectivity index is 1.81. The van der Waals surface area contributed by atoms with Crippen molar-refractivity contribution in [3.05, 3.63) is 24.0 Å². The Labute approximate surface area is 114 Å². The third kappa shape index (κ3) is 3.84. The predicted octanol–water partition coefficient (Wildman–Crippen LogP) is 1.96. The molecular formula is C14H21N3O2. The number of carbonyl (C=O) groups is 1. The number of methoxy groups -OCH3 is 1. The number of pyridine rings is 1. The molecule has 2 rings (SSSR count). The van der Waals surface area contributed by atoms with E-state index >= 15 is 0 Å². The fourth-order valence-corrected chi connectivity index (χ4v) is 2.42. The molecule has 5 heteroatoms. The van der Waals surface area contributed by atoms with Crippen LogP contribution < -0.4 is 10.2 Å². The molecule has 1 aliphatic heterocycles. The molecule has 1 aliphatic rings. The molecule has 2 heterocycles. The second-order valence-corrected chi connectivity index (χ2v) is 4.96. The summed E-state index contributed by atoms with van der Waals surface area (Å²) >= 11 is 0. The zero-order chi connectivity index (χ0) is 13.7. The summed E-state index contributed by atoms with van der Waals surface area (Å²) in [7, 11) is 1.39. The molecule has 1 saturated heterocycles. The van der Waals surface area contributed by atoms with Crippen LogP contribution in [-0.2, 0) is 4.74 Å². The number of aryl methyl sites for hydroxylation is 1.